The molecule has 0 radical (unpaired) electrons. The number of hydrogen-bond donors (Lipinski definition) is 0. The predicted molar refractivity (Wildman–Crippen MR) is 37.6 cm³/mol. The van der Waals surface area contributed by atoms with Crippen molar-refractivity contribution in [3.8, 4) is 0 Å². The summed E-state index contributed by atoms with van der Waals surface area (Å²) in [6.45, 7) is 2.00. The second-order valence-corrected chi connectivity index (χ2v) is 1.81. The third-order valence-electron chi connectivity index (χ3n) is 1.06. The molecule has 0 amide bonds. The molecular formula is C8H10BrN. The third-order valence-corrected chi connectivity index (χ3v) is 1.06. The lowest BCUT2D eigenvalue weighted by molar-refractivity contribution is -0.568. The summed E-state index contributed by atoms with van der Waals surface area (Å²) in [7, 11) is 0. The molecule has 0 spiro atoms. The largest absolute Gasteiger partial charge is 1.00 e. The van der Waals surface area contributed by atoms with E-state index in [0.717, 1.165) is 0 Å². The average Bonchev–Trinajstić information content (AvgIpc) is 1.91. The Morgan fingerprint density at radius 1 is 1.10 bits per heavy atom. The van der Waals surface area contributed by atoms with E-state index < -0.39 is 0 Å². The van der Waals surface area contributed by atoms with Crippen molar-refractivity contribution >= 4 is 6.20 Å². The maximum atomic E-state index is 2.00. The van der Waals surface area contributed by atoms with E-state index in [1.54, 1.807) is 0 Å². The van der Waals surface area contributed by atoms with Gasteiger partial charge in [-0.2, -0.15) is 4.57 Å². The molecule has 1 aromatic rings. The fourth-order valence-electron chi connectivity index (χ4n) is 0.683. The van der Waals surface area contributed by atoms with Crippen molar-refractivity contribution in [2.45, 2.75) is 6.92 Å². The van der Waals surface area contributed by atoms with Crippen LogP contribution in [0.25, 0.3) is 6.20 Å². The van der Waals surface area contributed by atoms with Crippen LogP contribution in [-0.2, 0) is 0 Å². The molecule has 0 unspecified atom stereocenters. The molecule has 0 aliphatic heterocycles. The van der Waals surface area contributed by atoms with E-state index in [9.17, 15) is 0 Å². The van der Waals surface area contributed by atoms with E-state index in [2.05, 4.69) is 0 Å². The van der Waals surface area contributed by atoms with Crippen LogP contribution in [0.1, 0.15) is 6.92 Å². The van der Waals surface area contributed by atoms with E-state index in [4.69, 9.17) is 0 Å². The van der Waals surface area contributed by atoms with Gasteiger partial charge in [0, 0.05) is 12.1 Å². The number of nitrogens with zero attached hydrogens (tertiary/aromatic N) is 1. The SMILES string of the molecule is CC=C[n+]1ccccc1.[Br-]. The van der Waals surface area contributed by atoms with Crippen LogP contribution in [0.4, 0.5) is 0 Å². The van der Waals surface area contributed by atoms with Crippen LogP contribution in [-0.4, -0.2) is 0 Å². The lowest BCUT2D eigenvalue weighted by atomic mass is 10.5. The summed E-state index contributed by atoms with van der Waals surface area (Å²) in [6.07, 6.45) is 8.00. The highest BCUT2D eigenvalue weighted by Crippen LogP contribution is 1.76. The highest BCUT2D eigenvalue weighted by molar-refractivity contribution is 5.03. The van der Waals surface area contributed by atoms with Crippen LogP contribution in [0.15, 0.2) is 36.7 Å². The van der Waals surface area contributed by atoms with Crippen LogP contribution in [0.2, 0.25) is 0 Å². The summed E-state index contributed by atoms with van der Waals surface area (Å²) < 4.78 is 2.00. The van der Waals surface area contributed by atoms with Crippen molar-refractivity contribution < 1.29 is 21.5 Å². The molecular weight excluding hydrogens is 190 g/mol. The zero-order valence-corrected chi connectivity index (χ0v) is 7.45. The average molecular weight is 200 g/mol. The van der Waals surface area contributed by atoms with Crippen molar-refractivity contribution in [2.24, 2.45) is 0 Å². The minimum Gasteiger partial charge on any atom is -1.00 e. The topological polar surface area (TPSA) is 3.88 Å². The number of hydrogen-bond acceptors (Lipinski definition) is 0. The Bertz CT molecular complexity index is 194. The molecule has 0 aliphatic rings. The summed E-state index contributed by atoms with van der Waals surface area (Å²) in [5, 5.41) is 0. The Kier molecular flexibility index (Phi) is 4.85. The van der Waals surface area contributed by atoms with Crippen molar-refractivity contribution in [3.05, 3.63) is 36.7 Å². The molecule has 0 N–H and O–H groups in total. The van der Waals surface area contributed by atoms with Crippen LogP contribution in [0.5, 0.6) is 0 Å². The fourth-order valence-corrected chi connectivity index (χ4v) is 0.683. The molecule has 0 aliphatic carbocycles. The van der Waals surface area contributed by atoms with Crippen molar-refractivity contribution in [2.75, 3.05) is 0 Å². The Balaban J connectivity index is 0.000000810. The molecule has 0 saturated carbocycles. The maximum absolute atomic E-state index is 2.00. The summed E-state index contributed by atoms with van der Waals surface area (Å²) in [6, 6.07) is 6.00. The molecule has 2 heteroatoms. The monoisotopic (exact) mass is 199 g/mol. The summed E-state index contributed by atoms with van der Waals surface area (Å²) in [4.78, 5) is 0. The predicted octanol–water partition coefficient (Wildman–Crippen LogP) is -1.53. The Morgan fingerprint density at radius 2 is 1.70 bits per heavy atom. The van der Waals surface area contributed by atoms with Gasteiger partial charge in [0.15, 0.2) is 18.6 Å². The number of rotatable bonds is 1. The summed E-state index contributed by atoms with van der Waals surface area (Å²) in [5.41, 5.74) is 0. The van der Waals surface area contributed by atoms with Gasteiger partial charge in [0.25, 0.3) is 0 Å². The molecule has 0 fully saturated rings. The van der Waals surface area contributed by atoms with Gasteiger partial charge in [-0.25, -0.2) is 0 Å². The van der Waals surface area contributed by atoms with Gasteiger partial charge < -0.3 is 17.0 Å². The number of aromatic nitrogens is 1. The lowest BCUT2D eigenvalue weighted by Crippen LogP contribution is -3.00. The van der Waals surface area contributed by atoms with Crippen LogP contribution in [0, 0.1) is 0 Å². The first-order chi connectivity index (χ1) is 4.43. The van der Waals surface area contributed by atoms with Gasteiger partial charge in [0.05, 0.1) is 0 Å². The Morgan fingerprint density at radius 3 is 2.20 bits per heavy atom. The van der Waals surface area contributed by atoms with Crippen molar-refractivity contribution in [3.63, 3.8) is 0 Å². The minimum absolute atomic E-state index is 0. The van der Waals surface area contributed by atoms with Gasteiger partial charge in [-0.15, -0.1) is 0 Å². The Labute approximate surface area is 71.8 Å². The number of halogens is 1. The zero-order chi connectivity index (χ0) is 6.53. The van der Waals surface area contributed by atoms with Crippen LogP contribution >= 0.6 is 0 Å². The molecule has 1 rings (SSSR count). The van der Waals surface area contributed by atoms with Crippen molar-refractivity contribution in [1.29, 1.82) is 0 Å². The quantitative estimate of drug-likeness (QED) is 0.484. The van der Waals surface area contributed by atoms with E-state index >= 15 is 0 Å². The highest BCUT2D eigenvalue weighted by atomic mass is 79.9. The summed E-state index contributed by atoms with van der Waals surface area (Å²) >= 11 is 0. The number of allylic oxidation sites excluding steroid dienone is 1. The first kappa shape index (κ1) is 9.37. The van der Waals surface area contributed by atoms with Gasteiger partial charge in [-0.3, -0.25) is 0 Å². The third kappa shape index (κ3) is 2.78. The molecule has 54 valence electrons. The highest BCUT2D eigenvalue weighted by Gasteiger charge is 1.84. The molecule has 10 heavy (non-hydrogen) atoms. The first-order valence-corrected chi connectivity index (χ1v) is 3.02. The molecule has 0 atom stereocenters. The second-order valence-electron chi connectivity index (χ2n) is 1.81. The molecule has 1 aromatic heterocycles. The van der Waals surface area contributed by atoms with Crippen LogP contribution in [0.3, 0.4) is 0 Å². The van der Waals surface area contributed by atoms with E-state index in [1.165, 1.54) is 0 Å². The minimum atomic E-state index is 0. The van der Waals surface area contributed by atoms with Gasteiger partial charge in [-0.1, -0.05) is 6.07 Å². The smallest absolute Gasteiger partial charge is 0.174 e. The molecule has 0 saturated heterocycles. The van der Waals surface area contributed by atoms with E-state index in [0.29, 0.717) is 0 Å². The van der Waals surface area contributed by atoms with Gasteiger partial charge >= 0.3 is 0 Å². The van der Waals surface area contributed by atoms with E-state index in [-0.39, 0.29) is 17.0 Å². The normalized spacial score (nSPS) is 9.30. The van der Waals surface area contributed by atoms with Gasteiger partial charge in [0.1, 0.15) is 0 Å². The zero-order valence-electron chi connectivity index (χ0n) is 5.87. The Hall–Kier alpha value is -0.630. The number of pyridine rings is 1. The molecule has 1 heterocycles. The lowest BCUT2D eigenvalue weighted by Gasteiger charge is -1.80. The molecule has 0 bridgehead atoms. The standard InChI is InChI=1S/C8H10N.BrH/c1-2-6-9-7-4-3-5-8-9;/h2-8H,1H3;1H/q+1;/p-1. The van der Waals surface area contributed by atoms with Crippen LogP contribution < -0.4 is 21.5 Å². The molecule has 0 aromatic carbocycles. The van der Waals surface area contributed by atoms with Gasteiger partial charge in [-0.05, 0) is 13.0 Å². The van der Waals surface area contributed by atoms with E-state index in [1.807, 2.05) is 54.4 Å². The summed E-state index contributed by atoms with van der Waals surface area (Å²) in [5.74, 6) is 0. The van der Waals surface area contributed by atoms with Gasteiger partial charge in [0.2, 0.25) is 0 Å². The van der Waals surface area contributed by atoms with Crippen molar-refractivity contribution in [1.82, 2.24) is 0 Å². The second kappa shape index (κ2) is 5.18. The maximum Gasteiger partial charge on any atom is 0.174 e. The first-order valence-electron chi connectivity index (χ1n) is 3.02. The molecule has 1 nitrogen and oxygen atoms in total. The fraction of sp³-hybridized carbons (Fsp3) is 0.125.